The van der Waals surface area contributed by atoms with E-state index >= 15 is 0 Å². The SMILES string of the molecule is CCCCCCCC[C@H](C)[C@@H](O)CC[C@H](C)[C@@H](OC)C(=O)OC. The van der Waals surface area contributed by atoms with Crippen molar-refractivity contribution in [2.75, 3.05) is 14.2 Å². The van der Waals surface area contributed by atoms with E-state index in [1.807, 2.05) is 6.92 Å². The van der Waals surface area contributed by atoms with Crippen LogP contribution in [0.4, 0.5) is 0 Å². The first-order valence-electron chi connectivity index (χ1n) is 9.26. The van der Waals surface area contributed by atoms with Gasteiger partial charge in [-0.1, -0.05) is 59.3 Å². The standard InChI is InChI=1S/C19H38O4/c1-6-7-8-9-10-11-12-15(2)17(20)14-13-16(3)18(22-4)19(21)23-5/h15-18,20H,6-14H2,1-5H3/t15-,16-,17-,18+/m0/s1. The number of hydrogen-bond acceptors (Lipinski definition) is 4. The molecule has 4 heteroatoms. The van der Waals surface area contributed by atoms with E-state index in [-0.39, 0.29) is 18.0 Å². The minimum atomic E-state index is -0.541. The maximum Gasteiger partial charge on any atom is 0.335 e. The molecule has 1 N–H and O–H groups in total. The van der Waals surface area contributed by atoms with Crippen molar-refractivity contribution in [3.8, 4) is 0 Å². The van der Waals surface area contributed by atoms with E-state index in [0.29, 0.717) is 12.3 Å². The molecule has 0 heterocycles. The number of aliphatic hydroxyl groups is 1. The zero-order valence-electron chi connectivity index (χ0n) is 15.8. The maximum atomic E-state index is 11.6. The summed E-state index contributed by atoms with van der Waals surface area (Å²) >= 11 is 0. The minimum Gasteiger partial charge on any atom is -0.467 e. The topological polar surface area (TPSA) is 55.8 Å². The lowest BCUT2D eigenvalue weighted by atomic mass is 9.90. The second-order valence-electron chi connectivity index (χ2n) is 6.84. The second kappa shape index (κ2) is 13.8. The smallest absolute Gasteiger partial charge is 0.335 e. The van der Waals surface area contributed by atoms with Crippen molar-refractivity contribution in [1.82, 2.24) is 0 Å². The summed E-state index contributed by atoms with van der Waals surface area (Å²) in [6, 6.07) is 0. The average Bonchev–Trinajstić information content (AvgIpc) is 2.55. The third-order valence-electron chi connectivity index (χ3n) is 4.79. The van der Waals surface area contributed by atoms with Crippen LogP contribution in [0.25, 0.3) is 0 Å². The summed E-state index contributed by atoms with van der Waals surface area (Å²) in [6.07, 6.45) is 9.40. The number of ether oxygens (including phenoxy) is 2. The molecule has 0 aromatic carbocycles. The predicted octanol–water partition coefficient (Wildman–Crippen LogP) is 4.34. The number of hydrogen-bond donors (Lipinski definition) is 1. The lowest BCUT2D eigenvalue weighted by Crippen LogP contribution is -2.32. The van der Waals surface area contributed by atoms with Crippen LogP contribution >= 0.6 is 0 Å². The third kappa shape index (κ3) is 9.98. The van der Waals surface area contributed by atoms with Gasteiger partial charge in [-0.05, 0) is 31.1 Å². The van der Waals surface area contributed by atoms with Crippen LogP contribution in [0.3, 0.4) is 0 Å². The molecule has 0 rings (SSSR count). The number of esters is 1. The molecule has 0 aliphatic heterocycles. The lowest BCUT2D eigenvalue weighted by Gasteiger charge is -2.23. The van der Waals surface area contributed by atoms with E-state index in [0.717, 1.165) is 12.8 Å². The van der Waals surface area contributed by atoms with Crippen molar-refractivity contribution in [2.45, 2.75) is 90.8 Å². The number of methoxy groups -OCH3 is 2. The van der Waals surface area contributed by atoms with E-state index < -0.39 is 6.10 Å². The van der Waals surface area contributed by atoms with E-state index in [9.17, 15) is 9.90 Å². The third-order valence-corrected chi connectivity index (χ3v) is 4.79. The van der Waals surface area contributed by atoms with Gasteiger partial charge in [0.25, 0.3) is 0 Å². The van der Waals surface area contributed by atoms with Crippen molar-refractivity contribution in [3.05, 3.63) is 0 Å². The van der Waals surface area contributed by atoms with Crippen LogP contribution in [-0.4, -0.2) is 37.5 Å². The summed E-state index contributed by atoms with van der Waals surface area (Å²) in [7, 11) is 2.90. The molecule has 0 saturated heterocycles. The van der Waals surface area contributed by atoms with E-state index in [4.69, 9.17) is 9.47 Å². The van der Waals surface area contributed by atoms with Gasteiger partial charge in [0.05, 0.1) is 13.2 Å². The molecular formula is C19H38O4. The number of carbonyl (C=O) groups excluding carboxylic acids is 1. The lowest BCUT2D eigenvalue weighted by molar-refractivity contribution is -0.155. The monoisotopic (exact) mass is 330 g/mol. The first-order chi connectivity index (χ1) is 11.0. The Hall–Kier alpha value is -0.610. The molecule has 0 aliphatic rings. The highest BCUT2D eigenvalue weighted by atomic mass is 16.6. The molecule has 0 aliphatic carbocycles. The van der Waals surface area contributed by atoms with Crippen LogP contribution in [-0.2, 0) is 14.3 Å². The van der Waals surface area contributed by atoms with Gasteiger partial charge in [-0.3, -0.25) is 0 Å². The number of unbranched alkanes of at least 4 members (excludes halogenated alkanes) is 5. The minimum absolute atomic E-state index is 0.0448. The molecule has 0 saturated carbocycles. The second-order valence-corrected chi connectivity index (χ2v) is 6.84. The molecule has 23 heavy (non-hydrogen) atoms. The Morgan fingerprint density at radius 3 is 2.09 bits per heavy atom. The van der Waals surface area contributed by atoms with Gasteiger partial charge in [0.1, 0.15) is 0 Å². The van der Waals surface area contributed by atoms with Crippen molar-refractivity contribution in [3.63, 3.8) is 0 Å². The maximum absolute atomic E-state index is 11.6. The quantitative estimate of drug-likeness (QED) is 0.380. The van der Waals surface area contributed by atoms with Gasteiger partial charge < -0.3 is 14.6 Å². The van der Waals surface area contributed by atoms with Crippen LogP contribution in [0.5, 0.6) is 0 Å². The summed E-state index contributed by atoms with van der Waals surface area (Å²) in [6.45, 7) is 6.32. The number of rotatable bonds is 14. The van der Waals surface area contributed by atoms with Gasteiger partial charge >= 0.3 is 5.97 Å². The largest absolute Gasteiger partial charge is 0.467 e. The normalized spacial score (nSPS) is 16.6. The van der Waals surface area contributed by atoms with E-state index in [2.05, 4.69) is 13.8 Å². The summed E-state index contributed by atoms with van der Waals surface area (Å²) in [5, 5.41) is 10.3. The molecule has 0 amide bonds. The Kier molecular flexibility index (Phi) is 13.4. The Labute approximate surface area is 142 Å². The molecule has 4 atom stereocenters. The molecule has 4 nitrogen and oxygen atoms in total. The molecule has 138 valence electrons. The first kappa shape index (κ1) is 22.4. The van der Waals surface area contributed by atoms with E-state index in [1.54, 1.807) is 0 Å². The summed E-state index contributed by atoms with van der Waals surface area (Å²) in [5.41, 5.74) is 0. The van der Waals surface area contributed by atoms with Crippen LogP contribution in [0, 0.1) is 11.8 Å². The molecule has 0 spiro atoms. The fraction of sp³-hybridized carbons (Fsp3) is 0.947. The molecule has 0 aromatic rings. The van der Waals surface area contributed by atoms with E-state index in [1.165, 1.54) is 52.7 Å². The van der Waals surface area contributed by atoms with Gasteiger partial charge in [0.2, 0.25) is 0 Å². The van der Waals surface area contributed by atoms with Gasteiger partial charge in [0.15, 0.2) is 6.10 Å². The zero-order valence-corrected chi connectivity index (χ0v) is 15.8. The molecule has 0 fully saturated rings. The van der Waals surface area contributed by atoms with Crippen LogP contribution < -0.4 is 0 Å². The molecular weight excluding hydrogens is 292 g/mol. The molecule has 0 unspecified atom stereocenters. The summed E-state index contributed by atoms with van der Waals surface area (Å²) in [5.74, 6) is 0.0189. The van der Waals surface area contributed by atoms with Crippen LogP contribution in [0.15, 0.2) is 0 Å². The number of aliphatic hydroxyl groups excluding tert-OH is 1. The Morgan fingerprint density at radius 2 is 1.52 bits per heavy atom. The first-order valence-corrected chi connectivity index (χ1v) is 9.26. The average molecular weight is 331 g/mol. The highest BCUT2D eigenvalue weighted by Gasteiger charge is 2.26. The molecule has 0 bridgehead atoms. The van der Waals surface area contributed by atoms with Crippen LogP contribution in [0.1, 0.15) is 78.6 Å². The fourth-order valence-corrected chi connectivity index (χ4v) is 2.99. The van der Waals surface area contributed by atoms with Gasteiger partial charge in [-0.2, -0.15) is 0 Å². The summed E-state index contributed by atoms with van der Waals surface area (Å²) < 4.78 is 9.96. The molecule has 0 aromatic heterocycles. The Balaban J connectivity index is 3.93. The highest BCUT2D eigenvalue weighted by Crippen LogP contribution is 2.22. The van der Waals surface area contributed by atoms with Crippen molar-refractivity contribution in [1.29, 1.82) is 0 Å². The Bertz CT molecular complexity index is 293. The molecule has 0 radical (unpaired) electrons. The van der Waals surface area contributed by atoms with Gasteiger partial charge in [-0.15, -0.1) is 0 Å². The summed E-state index contributed by atoms with van der Waals surface area (Å²) in [4.78, 5) is 11.6. The van der Waals surface area contributed by atoms with Crippen molar-refractivity contribution >= 4 is 5.97 Å². The Morgan fingerprint density at radius 1 is 0.913 bits per heavy atom. The van der Waals surface area contributed by atoms with Gasteiger partial charge in [0, 0.05) is 7.11 Å². The zero-order chi connectivity index (χ0) is 17.7. The van der Waals surface area contributed by atoms with Crippen LogP contribution in [0.2, 0.25) is 0 Å². The van der Waals surface area contributed by atoms with Crippen molar-refractivity contribution in [2.24, 2.45) is 11.8 Å². The fourth-order valence-electron chi connectivity index (χ4n) is 2.99. The predicted molar refractivity (Wildman–Crippen MR) is 94.4 cm³/mol. The highest BCUT2D eigenvalue weighted by molar-refractivity contribution is 5.74. The van der Waals surface area contributed by atoms with Gasteiger partial charge in [-0.25, -0.2) is 4.79 Å². The van der Waals surface area contributed by atoms with Crippen molar-refractivity contribution < 1.29 is 19.4 Å². The number of carbonyl (C=O) groups is 1.